The fraction of sp³-hybridized carbons (Fsp3) is 0.894. The summed E-state index contributed by atoms with van der Waals surface area (Å²) in [7, 11) is 0. The Morgan fingerprint density at radius 3 is 1.52 bits per heavy atom. The van der Waals surface area contributed by atoms with Gasteiger partial charge in [0.15, 0.2) is 31.5 Å². The molecule has 0 bridgehead atoms. The Labute approximate surface area is 476 Å². The summed E-state index contributed by atoms with van der Waals surface area (Å²) in [5, 5.41) is 195. The van der Waals surface area contributed by atoms with Gasteiger partial charge in [-0.25, -0.2) is 4.79 Å². The molecule has 6 heterocycles. The van der Waals surface area contributed by atoms with E-state index in [9.17, 15) is 111 Å². The molecule has 6 saturated heterocycles. The number of hydrogen-bond donors (Lipinski definition) is 21. The zero-order valence-electron chi connectivity index (χ0n) is 45.7. The van der Waals surface area contributed by atoms with Crippen molar-refractivity contribution >= 4 is 29.6 Å². The minimum Gasteiger partial charge on any atom is -0.477 e. The molecule has 37 heteroatoms. The van der Waals surface area contributed by atoms with E-state index in [1.807, 2.05) is 0 Å². The van der Waals surface area contributed by atoms with Crippen molar-refractivity contribution < 1.29 is 163 Å². The predicted octanol–water partition coefficient (Wildman–Crippen LogP) is -13.3. The summed E-state index contributed by atoms with van der Waals surface area (Å²) in [5.41, 5.74) is 0. The number of carboxylic acids is 1. The van der Waals surface area contributed by atoms with Crippen molar-refractivity contribution in [3.05, 3.63) is 0 Å². The second-order valence-electron chi connectivity index (χ2n) is 21.1. The molecule has 0 aromatic carbocycles. The van der Waals surface area contributed by atoms with Crippen LogP contribution in [-0.4, -0.2) is 339 Å². The SMILES string of the molecule is CC(=O)N[C@H]1[C@H](O[C@H]2[C@@H](O)[C@@H](CO[C@]3(C(=O)O)C[C@H](O)[C@@H](NC(C)=O)[C@H]([C@H](O)[C@H](O)CO)O3)OC(O)[C@@H]2NC(C)=O)O[C@H](CO)[C@@H](O[C@@H]2O[C@H](CO)[C@H](O)[C@H](O[C@H]3O[C@H](CO)[C@H](O)[C@H](O)[C@H]3NC(C)=O)[C@H]2O[C@@H]2O[C@@H](C)[C@@H](O)[C@@H](O)[C@@H]2O)[C@@H]1O. The van der Waals surface area contributed by atoms with Gasteiger partial charge in [-0.3, -0.25) is 19.2 Å². The standard InChI is InChI=1S/C47H78N4O33/c1-12-27(62)34(69)35(70)44(75-12)83-40-39(82-42-24(49-14(3)57)32(67)29(64)19(8-53)77-42)30(65)20(9-54)78-45(40)80-36-21(10-55)79-43(25(33(36)68)50-15(4)58)81-37-26(51-16(5)59)41(71)76-22(31(37)66)11-74-47(46(72)73)6-17(60)23(48-13(2)56)38(84-47)28(63)18(61)7-52/h12,17-45,52-55,60-71H,6-11H2,1-5H3,(H,48,56)(H,49,57)(H,50,58)(H,51,59)(H,72,73)/t12-,17-,18+,19+,20+,21+,22+,23+,24+,25+,26+,27+,28+,29-,30-,31-,32+,33+,34+,35-,36+,37+,38+,39-,40+,41?,42+,43-,44-,45-,47+/m0/s1. The molecule has 21 N–H and O–H groups in total. The molecule has 0 radical (unpaired) electrons. The Bertz CT molecular complexity index is 2200. The van der Waals surface area contributed by atoms with Gasteiger partial charge in [0, 0.05) is 34.1 Å². The highest BCUT2D eigenvalue weighted by molar-refractivity contribution is 5.77. The lowest BCUT2D eigenvalue weighted by Crippen LogP contribution is -2.71. The Kier molecular flexibility index (Phi) is 24.4. The quantitative estimate of drug-likeness (QED) is 0.0479. The van der Waals surface area contributed by atoms with Crippen LogP contribution in [0.15, 0.2) is 0 Å². The van der Waals surface area contributed by atoms with E-state index < -0.39 is 259 Å². The van der Waals surface area contributed by atoms with Gasteiger partial charge in [-0.1, -0.05) is 0 Å². The van der Waals surface area contributed by atoms with Crippen molar-refractivity contribution in [2.75, 3.05) is 33.0 Å². The van der Waals surface area contributed by atoms with E-state index in [0.717, 1.165) is 27.7 Å². The molecule has 1 unspecified atom stereocenters. The largest absolute Gasteiger partial charge is 0.477 e. The van der Waals surface area contributed by atoms with Crippen LogP contribution in [0.3, 0.4) is 0 Å². The van der Waals surface area contributed by atoms with Gasteiger partial charge in [-0.2, -0.15) is 0 Å². The highest BCUT2D eigenvalue weighted by Gasteiger charge is 2.60. The Balaban J connectivity index is 1.33. The number of carboxylic acid groups (broad SMARTS) is 1. The molecule has 37 nitrogen and oxygen atoms in total. The molecule has 6 aliphatic heterocycles. The summed E-state index contributed by atoms with van der Waals surface area (Å²) in [6.45, 7) is -0.209. The maximum Gasteiger partial charge on any atom is 0.364 e. The number of amides is 4. The zero-order valence-corrected chi connectivity index (χ0v) is 45.7. The molecule has 6 rings (SSSR count). The summed E-state index contributed by atoms with van der Waals surface area (Å²) in [6.07, 6.45) is -52.4. The molecule has 6 aliphatic rings. The Morgan fingerprint density at radius 2 is 0.976 bits per heavy atom. The van der Waals surface area contributed by atoms with E-state index in [-0.39, 0.29) is 0 Å². The average Bonchev–Trinajstić information content (AvgIpc) is 2.59. The first kappa shape index (κ1) is 69.4. The molecular weight excluding hydrogens is 1150 g/mol. The average molecular weight is 1230 g/mol. The molecule has 84 heavy (non-hydrogen) atoms. The number of aliphatic carboxylic acids is 1. The lowest BCUT2D eigenvalue weighted by atomic mass is 9.88. The van der Waals surface area contributed by atoms with Gasteiger partial charge in [0.1, 0.15) is 134 Å². The lowest BCUT2D eigenvalue weighted by Gasteiger charge is -2.51. The van der Waals surface area contributed by atoms with Crippen LogP contribution in [0, 0.1) is 0 Å². The number of aliphatic hydroxyl groups is 16. The fourth-order valence-corrected chi connectivity index (χ4v) is 10.6. The summed E-state index contributed by atoms with van der Waals surface area (Å²) in [5.74, 6) is -8.42. The summed E-state index contributed by atoms with van der Waals surface area (Å²) < 4.78 is 64.8. The van der Waals surface area contributed by atoms with E-state index >= 15 is 0 Å². The molecule has 0 spiro atoms. The second kappa shape index (κ2) is 29.5. The molecular formula is C47H78N4O33. The Hall–Kier alpha value is -3.73. The number of hydrogen-bond acceptors (Lipinski definition) is 32. The number of carbonyl (C=O) groups is 5. The maximum absolute atomic E-state index is 12.9. The third kappa shape index (κ3) is 15.4. The van der Waals surface area contributed by atoms with E-state index in [1.54, 1.807) is 0 Å². The van der Waals surface area contributed by atoms with Crippen molar-refractivity contribution in [3.63, 3.8) is 0 Å². The van der Waals surface area contributed by atoms with Gasteiger partial charge in [-0.15, -0.1) is 0 Å². The van der Waals surface area contributed by atoms with E-state index in [1.165, 1.54) is 6.92 Å². The minimum absolute atomic E-state index is 0.799. The summed E-state index contributed by atoms with van der Waals surface area (Å²) in [6, 6.07) is -7.06. The number of nitrogens with one attached hydrogen (secondary N) is 4. The van der Waals surface area contributed by atoms with Crippen LogP contribution in [0.1, 0.15) is 41.0 Å². The van der Waals surface area contributed by atoms with Crippen molar-refractivity contribution in [1.82, 2.24) is 21.3 Å². The van der Waals surface area contributed by atoms with Crippen LogP contribution in [0.2, 0.25) is 0 Å². The minimum atomic E-state index is -3.02. The number of ether oxygens (including phenoxy) is 11. The molecule has 0 saturated carbocycles. The first-order valence-electron chi connectivity index (χ1n) is 26.6. The predicted molar refractivity (Wildman–Crippen MR) is 261 cm³/mol. The van der Waals surface area contributed by atoms with Crippen molar-refractivity contribution in [1.29, 1.82) is 0 Å². The van der Waals surface area contributed by atoms with Crippen LogP contribution >= 0.6 is 0 Å². The van der Waals surface area contributed by atoms with Crippen LogP contribution in [0.4, 0.5) is 0 Å². The molecule has 4 amide bonds. The lowest BCUT2D eigenvalue weighted by molar-refractivity contribution is -0.400. The van der Waals surface area contributed by atoms with Gasteiger partial charge in [-0.05, 0) is 6.92 Å². The molecule has 0 aliphatic carbocycles. The highest BCUT2D eigenvalue weighted by atomic mass is 16.8. The first-order valence-corrected chi connectivity index (χ1v) is 26.6. The van der Waals surface area contributed by atoms with Gasteiger partial charge in [0.25, 0.3) is 5.79 Å². The van der Waals surface area contributed by atoms with Crippen molar-refractivity contribution in [3.8, 4) is 0 Å². The zero-order chi connectivity index (χ0) is 62.6. The van der Waals surface area contributed by atoms with Crippen LogP contribution in [0.25, 0.3) is 0 Å². The van der Waals surface area contributed by atoms with E-state index in [2.05, 4.69) is 21.3 Å². The van der Waals surface area contributed by atoms with Crippen LogP contribution < -0.4 is 21.3 Å². The van der Waals surface area contributed by atoms with Crippen molar-refractivity contribution in [2.45, 2.75) is 231 Å². The first-order chi connectivity index (χ1) is 39.4. The van der Waals surface area contributed by atoms with Gasteiger partial charge in [0.05, 0.1) is 51.3 Å². The third-order valence-electron chi connectivity index (χ3n) is 15.0. The molecule has 0 aromatic rings. The van der Waals surface area contributed by atoms with Gasteiger partial charge < -0.3 is 160 Å². The molecule has 484 valence electrons. The fourth-order valence-electron chi connectivity index (χ4n) is 10.6. The smallest absolute Gasteiger partial charge is 0.364 e. The molecule has 6 fully saturated rings. The Morgan fingerprint density at radius 1 is 0.500 bits per heavy atom. The van der Waals surface area contributed by atoms with E-state index in [0.29, 0.717) is 0 Å². The summed E-state index contributed by atoms with van der Waals surface area (Å²) >= 11 is 0. The van der Waals surface area contributed by atoms with Gasteiger partial charge in [0.2, 0.25) is 23.6 Å². The van der Waals surface area contributed by atoms with Crippen LogP contribution in [-0.2, 0) is 76.1 Å². The van der Waals surface area contributed by atoms with Crippen LogP contribution in [0.5, 0.6) is 0 Å². The van der Waals surface area contributed by atoms with Gasteiger partial charge >= 0.3 is 5.97 Å². The topological polar surface area (TPSA) is 579 Å². The highest BCUT2D eigenvalue weighted by Crippen LogP contribution is 2.39. The number of carbonyl (C=O) groups excluding carboxylic acids is 4. The van der Waals surface area contributed by atoms with E-state index in [4.69, 9.17) is 52.1 Å². The maximum atomic E-state index is 12.9. The number of aliphatic hydroxyl groups excluding tert-OH is 16. The molecule has 31 atom stereocenters. The monoisotopic (exact) mass is 1230 g/mol. The third-order valence-corrected chi connectivity index (χ3v) is 15.0. The number of rotatable bonds is 22. The summed E-state index contributed by atoms with van der Waals surface area (Å²) in [4.78, 5) is 62.9. The normalized spacial score (nSPS) is 45.3. The second-order valence-corrected chi connectivity index (χ2v) is 21.1. The molecule has 0 aromatic heterocycles. The van der Waals surface area contributed by atoms with Crippen molar-refractivity contribution in [2.24, 2.45) is 0 Å².